The molecule has 1 aromatic rings. The maximum Gasteiger partial charge on any atom is 0.387 e. The van der Waals surface area contributed by atoms with Crippen molar-refractivity contribution in [2.75, 3.05) is 0 Å². The highest BCUT2D eigenvalue weighted by Gasteiger charge is 2.43. The van der Waals surface area contributed by atoms with E-state index in [1.54, 1.807) is 0 Å². The Hall–Kier alpha value is -1.79. The summed E-state index contributed by atoms with van der Waals surface area (Å²) in [6.07, 6.45) is 11.3. The highest BCUT2D eigenvalue weighted by molar-refractivity contribution is 5.75. The Morgan fingerprint density at radius 1 is 0.906 bits per heavy atom. The van der Waals surface area contributed by atoms with Gasteiger partial charge >= 0.3 is 12.6 Å². The molecule has 0 aliphatic heterocycles. The van der Waals surface area contributed by atoms with Crippen molar-refractivity contribution in [2.24, 2.45) is 35.5 Å². The molecule has 0 bridgehead atoms. The van der Waals surface area contributed by atoms with Crippen LogP contribution in [0.4, 0.5) is 17.6 Å². The first-order chi connectivity index (χ1) is 15.3. The number of rotatable bonds is 5. The molecule has 3 nitrogen and oxygen atoms in total. The van der Waals surface area contributed by atoms with Gasteiger partial charge in [0, 0.05) is 12.1 Å². The van der Waals surface area contributed by atoms with Gasteiger partial charge in [-0.25, -0.2) is 8.78 Å². The normalized spacial score (nSPS) is 32.9. The molecule has 3 aliphatic carbocycles. The van der Waals surface area contributed by atoms with Crippen LogP contribution in [0.2, 0.25) is 0 Å². The number of benzene rings is 1. The van der Waals surface area contributed by atoms with Crippen LogP contribution in [0.25, 0.3) is 0 Å². The fraction of sp³-hybridized carbons (Fsp3) is 0.720. The SMILES string of the molecule is CC1CCC(C2CCC3C(CCCC3C(=O)Oc3cc(F)c(OC(F)F)c(F)c3)C2)CC1. The van der Waals surface area contributed by atoms with Crippen LogP contribution in [0.5, 0.6) is 11.5 Å². The fourth-order valence-corrected chi connectivity index (χ4v) is 6.47. The number of hydrogen-bond donors (Lipinski definition) is 0. The Bertz CT molecular complexity index is 783. The third-order valence-corrected chi connectivity index (χ3v) is 8.12. The zero-order valence-corrected chi connectivity index (χ0v) is 18.5. The summed E-state index contributed by atoms with van der Waals surface area (Å²) in [6.45, 7) is -1.01. The van der Waals surface area contributed by atoms with Crippen LogP contribution in [-0.2, 0) is 4.79 Å². The quantitative estimate of drug-likeness (QED) is 0.269. The minimum atomic E-state index is -3.35. The molecule has 0 amide bonds. The minimum Gasteiger partial charge on any atom is -0.429 e. The lowest BCUT2D eigenvalue weighted by molar-refractivity contribution is -0.144. The first-order valence-corrected chi connectivity index (χ1v) is 12.0. The molecule has 3 saturated carbocycles. The largest absolute Gasteiger partial charge is 0.429 e. The number of hydrogen-bond acceptors (Lipinski definition) is 3. The molecule has 3 fully saturated rings. The minimum absolute atomic E-state index is 0.242. The van der Waals surface area contributed by atoms with Gasteiger partial charge in [-0.15, -0.1) is 0 Å². The topological polar surface area (TPSA) is 35.5 Å². The Kier molecular flexibility index (Phi) is 7.30. The molecule has 4 atom stereocenters. The fourth-order valence-electron chi connectivity index (χ4n) is 6.47. The number of alkyl halides is 2. The Morgan fingerprint density at radius 2 is 1.56 bits per heavy atom. The Labute approximate surface area is 186 Å². The zero-order chi connectivity index (χ0) is 22.8. The van der Waals surface area contributed by atoms with Crippen LogP contribution in [-0.4, -0.2) is 12.6 Å². The van der Waals surface area contributed by atoms with Crippen LogP contribution in [0.3, 0.4) is 0 Å². The van der Waals surface area contributed by atoms with Crippen molar-refractivity contribution in [3.8, 4) is 11.5 Å². The van der Waals surface area contributed by atoms with Crippen LogP contribution in [0.15, 0.2) is 12.1 Å². The lowest BCUT2D eigenvalue weighted by atomic mass is 9.59. The smallest absolute Gasteiger partial charge is 0.387 e. The van der Waals surface area contributed by atoms with Crippen molar-refractivity contribution >= 4 is 5.97 Å². The monoisotopic (exact) mass is 456 g/mol. The van der Waals surface area contributed by atoms with Gasteiger partial charge in [0.1, 0.15) is 5.75 Å². The number of esters is 1. The van der Waals surface area contributed by atoms with E-state index in [1.165, 1.54) is 25.7 Å². The molecular weight excluding hydrogens is 424 g/mol. The average Bonchev–Trinajstić information content (AvgIpc) is 2.76. The molecule has 178 valence electrons. The lowest BCUT2D eigenvalue weighted by Crippen LogP contribution is -2.40. The van der Waals surface area contributed by atoms with Crippen molar-refractivity contribution < 1.29 is 31.8 Å². The van der Waals surface area contributed by atoms with Crippen molar-refractivity contribution in [2.45, 2.75) is 77.7 Å². The summed E-state index contributed by atoms with van der Waals surface area (Å²) < 4.78 is 61.8. The molecule has 4 unspecified atom stereocenters. The van der Waals surface area contributed by atoms with E-state index in [0.717, 1.165) is 62.0 Å². The van der Waals surface area contributed by atoms with E-state index in [9.17, 15) is 22.4 Å². The summed E-state index contributed by atoms with van der Waals surface area (Å²) >= 11 is 0. The van der Waals surface area contributed by atoms with Gasteiger partial charge in [-0.2, -0.15) is 8.78 Å². The highest BCUT2D eigenvalue weighted by atomic mass is 19.3. The summed E-state index contributed by atoms with van der Waals surface area (Å²) in [6, 6.07) is 1.44. The van der Waals surface area contributed by atoms with Crippen LogP contribution in [0.1, 0.15) is 71.1 Å². The van der Waals surface area contributed by atoms with E-state index >= 15 is 0 Å². The molecule has 32 heavy (non-hydrogen) atoms. The van der Waals surface area contributed by atoms with Crippen molar-refractivity contribution in [1.29, 1.82) is 0 Å². The molecule has 3 aliphatic rings. The lowest BCUT2D eigenvalue weighted by Gasteiger charge is -2.45. The standard InChI is InChI=1S/C25H32F4O3/c1-14-5-7-15(8-6-14)16-9-10-19-17(11-16)3-2-4-20(19)24(30)31-18-12-21(26)23(22(27)13-18)32-25(28)29/h12-17,19-20,25H,2-11H2,1H3. The van der Waals surface area contributed by atoms with Gasteiger partial charge in [-0.1, -0.05) is 32.6 Å². The molecule has 1 aromatic carbocycles. The van der Waals surface area contributed by atoms with E-state index < -0.39 is 30.0 Å². The first-order valence-electron chi connectivity index (χ1n) is 12.0. The second kappa shape index (κ2) is 10.0. The average molecular weight is 457 g/mol. The van der Waals surface area contributed by atoms with Gasteiger partial charge in [0.25, 0.3) is 0 Å². The van der Waals surface area contributed by atoms with E-state index in [-0.39, 0.29) is 17.6 Å². The van der Waals surface area contributed by atoms with E-state index in [4.69, 9.17) is 4.74 Å². The molecule has 7 heteroatoms. The highest BCUT2D eigenvalue weighted by Crippen LogP contribution is 2.50. The van der Waals surface area contributed by atoms with E-state index in [2.05, 4.69) is 11.7 Å². The summed E-state index contributed by atoms with van der Waals surface area (Å²) in [5, 5.41) is 0. The predicted octanol–water partition coefficient (Wildman–Crippen LogP) is 7.13. The number of ether oxygens (including phenoxy) is 2. The molecule has 0 saturated heterocycles. The second-order valence-corrected chi connectivity index (χ2v) is 10.1. The molecule has 0 aromatic heterocycles. The molecule has 0 spiro atoms. The summed E-state index contributed by atoms with van der Waals surface area (Å²) in [4.78, 5) is 12.9. The van der Waals surface area contributed by atoms with Crippen LogP contribution < -0.4 is 9.47 Å². The van der Waals surface area contributed by atoms with Gasteiger partial charge in [0.2, 0.25) is 0 Å². The summed E-state index contributed by atoms with van der Waals surface area (Å²) in [7, 11) is 0. The Balaban J connectivity index is 1.38. The predicted molar refractivity (Wildman–Crippen MR) is 111 cm³/mol. The maximum atomic E-state index is 14.0. The number of carbonyl (C=O) groups is 1. The van der Waals surface area contributed by atoms with Crippen molar-refractivity contribution in [3.05, 3.63) is 23.8 Å². The van der Waals surface area contributed by atoms with Gasteiger partial charge in [-0.3, -0.25) is 4.79 Å². The molecule has 0 heterocycles. The second-order valence-electron chi connectivity index (χ2n) is 10.1. The van der Waals surface area contributed by atoms with Crippen LogP contribution >= 0.6 is 0 Å². The van der Waals surface area contributed by atoms with Gasteiger partial charge in [0.15, 0.2) is 17.4 Å². The molecular formula is C25H32F4O3. The summed E-state index contributed by atoms with van der Waals surface area (Å²) in [5.74, 6) is -1.79. The summed E-state index contributed by atoms with van der Waals surface area (Å²) in [5.41, 5.74) is 0. The maximum absolute atomic E-state index is 14.0. The van der Waals surface area contributed by atoms with Crippen LogP contribution in [0, 0.1) is 47.1 Å². The Morgan fingerprint density at radius 3 is 2.22 bits per heavy atom. The third kappa shape index (κ3) is 5.23. The molecule has 0 N–H and O–H groups in total. The zero-order valence-electron chi connectivity index (χ0n) is 18.5. The molecule has 4 rings (SSSR count). The van der Waals surface area contributed by atoms with Crippen molar-refractivity contribution in [3.63, 3.8) is 0 Å². The number of halogens is 4. The van der Waals surface area contributed by atoms with Gasteiger partial charge < -0.3 is 9.47 Å². The number of fused-ring (bicyclic) bond motifs is 1. The van der Waals surface area contributed by atoms with Gasteiger partial charge in [-0.05, 0) is 68.1 Å². The van der Waals surface area contributed by atoms with Crippen molar-refractivity contribution in [1.82, 2.24) is 0 Å². The first kappa shape index (κ1) is 23.4. The van der Waals surface area contributed by atoms with E-state index in [0.29, 0.717) is 12.3 Å². The number of carbonyl (C=O) groups excluding carboxylic acids is 1. The van der Waals surface area contributed by atoms with Gasteiger partial charge in [0.05, 0.1) is 5.92 Å². The molecule has 0 radical (unpaired) electrons. The third-order valence-electron chi connectivity index (χ3n) is 8.12. The van der Waals surface area contributed by atoms with E-state index in [1.807, 2.05) is 0 Å².